The maximum atomic E-state index is 4.92. The maximum Gasteiger partial charge on any atom is 0.161 e. The van der Waals surface area contributed by atoms with Crippen molar-refractivity contribution in [2.45, 2.75) is 52.0 Å². The molecule has 1 N–H and O–H groups in total. The molecule has 0 amide bonds. The van der Waals surface area contributed by atoms with Crippen LogP contribution in [0.25, 0.3) is 11.4 Å². The number of hydrogen-bond donors (Lipinski definition) is 1. The molecule has 7 heteroatoms. The van der Waals surface area contributed by atoms with Crippen LogP contribution in [0.4, 0.5) is 11.6 Å². The highest BCUT2D eigenvalue weighted by Crippen LogP contribution is 2.30. The standard InChI is InChI=1S/C23H27N7/c1-15-14-21(26-16(2)25-15)30-12-8-18(9-13-30)27-23-19-4-3-5-20(19)28-22(29-23)17-6-10-24-11-7-17/h6-7,10-11,14,18H,3-5,8-9,12-13H2,1-2H3,(H,27,28,29). The van der Waals surface area contributed by atoms with E-state index in [4.69, 9.17) is 9.97 Å². The fraction of sp³-hybridized carbons (Fsp3) is 0.435. The van der Waals surface area contributed by atoms with Crippen molar-refractivity contribution in [2.75, 3.05) is 23.3 Å². The Bertz CT molecular complexity index is 1020. The summed E-state index contributed by atoms with van der Waals surface area (Å²) in [4.78, 5) is 25.3. The van der Waals surface area contributed by atoms with Crippen molar-refractivity contribution < 1.29 is 0 Å². The van der Waals surface area contributed by atoms with Gasteiger partial charge in [-0.1, -0.05) is 0 Å². The molecule has 3 aromatic rings. The van der Waals surface area contributed by atoms with Gasteiger partial charge in [0.2, 0.25) is 0 Å². The third kappa shape index (κ3) is 3.84. The summed E-state index contributed by atoms with van der Waals surface area (Å²) < 4.78 is 0. The number of anilines is 2. The molecule has 0 atom stereocenters. The average Bonchev–Trinajstić information content (AvgIpc) is 3.23. The molecule has 0 aromatic carbocycles. The van der Waals surface area contributed by atoms with Crippen LogP contribution >= 0.6 is 0 Å². The van der Waals surface area contributed by atoms with Crippen molar-refractivity contribution in [3.8, 4) is 11.4 Å². The topological polar surface area (TPSA) is 79.7 Å². The van der Waals surface area contributed by atoms with E-state index in [0.29, 0.717) is 6.04 Å². The van der Waals surface area contributed by atoms with Crippen LogP contribution in [0.15, 0.2) is 30.6 Å². The third-order valence-corrected chi connectivity index (χ3v) is 5.98. The van der Waals surface area contributed by atoms with Gasteiger partial charge in [-0.05, 0) is 58.1 Å². The first-order valence-electron chi connectivity index (χ1n) is 10.8. The van der Waals surface area contributed by atoms with Gasteiger partial charge in [0.1, 0.15) is 17.5 Å². The van der Waals surface area contributed by atoms with Crippen LogP contribution in [0.3, 0.4) is 0 Å². The predicted molar refractivity (Wildman–Crippen MR) is 118 cm³/mol. The van der Waals surface area contributed by atoms with Gasteiger partial charge in [0.25, 0.3) is 0 Å². The number of nitrogens with one attached hydrogen (secondary N) is 1. The lowest BCUT2D eigenvalue weighted by Gasteiger charge is -2.34. The van der Waals surface area contributed by atoms with E-state index in [9.17, 15) is 0 Å². The van der Waals surface area contributed by atoms with Crippen LogP contribution in [0.2, 0.25) is 0 Å². The Balaban J connectivity index is 1.32. The van der Waals surface area contributed by atoms with Gasteiger partial charge in [-0.3, -0.25) is 4.98 Å². The van der Waals surface area contributed by atoms with Crippen LogP contribution in [0.1, 0.15) is 42.0 Å². The number of aromatic nitrogens is 5. The van der Waals surface area contributed by atoms with Gasteiger partial charge in [-0.15, -0.1) is 0 Å². The zero-order chi connectivity index (χ0) is 20.5. The minimum Gasteiger partial charge on any atom is -0.367 e. The second-order valence-corrected chi connectivity index (χ2v) is 8.23. The highest BCUT2D eigenvalue weighted by atomic mass is 15.2. The molecule has 1 aliphatic heterocycles. The Morgan fingerprint density at radius 2 is 1.77 bits per heavy atom. The molecule has 0 radical (unpaired) electrons. The maximum absolute atomic E-state index is 4.92. The molecule has 3 aromatic heterocycles. The van der Waals surface area contributed by atoms with Crippen molar-refractivity contribution >= 4 is 11.6 Å². The van der Waals surface area contributed by atoms with E-state index in [2.05, 4.69) is 31.2 Å². The zero-order valence-electron chi connectivity index (χ0n) is 17.6. The lowest BCUT2D eigenvalue weighted by Crippen LogP contribution is -2.40. The smallest absolute Gasteiger partial charge is 0.161 e. The minimum absolute atomic E-state index is 0.412. The van der Waals surface area contributed by atoms with Crippen LogP contribution < -0.4 is 10.2 Å². The van der Waals surface area contributed by atoms with Gasteiger partial charge in [-0.25, -0.2) is 19.9 Å². The van der Waals surface area contributed by atoms with Crippen molar-refractivity contribution in [1.29, 1.82) is 0 Å². The van der Waals surface area contributed by atoms with Gasteiger partial charge in [0.05, 0.1) is 0 Å². The Labute approximate surface area is 177 Å². The van der Waals surface area contributed by atoms with Crippen LogP contribution in [0, 0.1) is 13.8 Å². The van der Waals surface area contributed by atoms with E-state index in [1.807, 2.05) is 26.0 Å². The number of nitrogens with zero attached hydrogens (tertiary/aromatic N) is 6. The molecule has 5 rings (SSSR count). The molecule has 4 heterocycles. The van der Waals surface area contributed by atoms with E-state index >= 15 is 0 Å². The normalized spacial score (nSPS) is 16.5. The van der Waals surface area contributed by atoms with E-state index in [0.717, 1.165) is 79.7 Å². The van der Waals surface area contributed by atoms with Crippen LogP contribution in [0.5, 0.6) is 0 Å². The number of fused-ring (bicyclic) bond motifs is 1. The summed E-state index contributed by atoms with van der Waals surface area (Å²) in [6.07, 6.45) is 8.97. The molecule has 0 bridgehead atoms. The fourth-order valence-electron chi connectivity index (χ4n) is 4.49. The van der Waals surface area contributed by atoms with E-state index in [-0.39, 0.29) is 0 Å². The number of piperidine rings is 1. The number of aryl methyl sites for hydroxylation is 3. The molecule has 1 saturated heterocycles. The number of rotatable bonds is 4. The molecule has 2 aliphatic rings. The zero-order valence-corrected chi connectivity index (χ0v) is 17.6. The first-order valence-corrected chi connectivity index (χ1v) is 10.8. The van der Waals surface area contributed by atoms with E-state index < -0.39 is 0 Å². The summed E-state index contributed by atoms with van der Waals surface area (Å²) in [6, 6.07) is 6.45. The lowest BCUT2D eigenvalue weighted by molar-refractivity contribution is 0.521. The molecule has 0 spiro atoms. The first kappa shape index (κ1) is 18.9. The Morgan fingerprint density at radius 1 is 0.967 bits per heavy atom. The van der Waals surface area contributed by atoms with Gasteiger partial charge in [0, 0.05) is 60.1 Å². The monoisotopic (exact) mass is 401 g/mol. The highest BCUT2D eigenvalue weighted by molar-refractivity contribution is 5.60. The largest absolute Gasteiger partial charge is 0.367 e. The second kappa shape index (κ2) is 7.97. The molecule has 7 nitrogen and oxygen atoms in total. The Hall–Kier alpha value is -3.09. The molecule has 1 aliphatic carbocycles. The fourth-order valence-corrected chi connectivity index (χ4v) is 4.49. The summed E-state index contributed by atoms with van der Waals surface area (Å²) in [5, 5.41) is 3.76. The molecular formula is C23H27N7. The summed E-state index contributed by atoms with van der Waals surface area (Å²) in [7, 11) is 0. The second-order valence-electron chi connectivity index (χ2n) is 8.23. The molecular weight excluding hydrogens is 374 g/mol. The van der Waals surface area contributed by atoms with Crippen LogP contribution in [-0.2, 0) is 12.8 Å². The third-order valence-electron chi connectivity index (χ3n) is 5.98. The minimum atomic E-state index is 0.412. The van der Waals surface area contributed by atoms with Crippen molar-refractivity contribution in [2.24, 2.45) is 0 Å². The van der Waals surface area contributed by atoms with Gasteiger partial charge >= 0.3 is 0 Å². The van der Waals surface area contributed by atoms with Crippen molar-refractivity contribution in [3.63, 3.8) is 0 Å². The summed E-state index contributed by atoms with van der Waals surface area (Å²) in [6.45, 7) is 5.96. The van der Waals surface area contributed by atoms with E-state index in [1.165, 1.54) is 11.3 Å². The highest BCUT2D eigenvalue weighted by Gasteiger charge is 2.25. The van der Waals surface area contributed by atoms with Gasteiger partial charge in [0.15, 0.2) is 5.82 Å². The Kier molecular flexibility index (Phi) is 5.02. The van der Waals surface area contributed by atoms with Crippen molar-refractivity contribution in [1.82, 2.24) is 24.9 Å². The van der Waals surface area contributed by atoms with Gasteiger partial charge in [-0.2, -0.15) is 0 Å². The predicted octanol–water partition coefficient (Wildman–Crippen LogP) is 3.52. The van der Waals surface area contributed by atoms with Crippen molar-refractivity contribution in [3.05, 3.63) is 53.4 Å². The Morgan fingerprint density at radius 3 is 2.53 bits per heavy atom. The molecule has 0 unspecified atom stereocenters. The SMILES string of the molecule is Cc1cc(N2CCC(Nc3nc(-c4ccncc4)nc4c3CCC4)CC2)nc(C)n1. The summed E-state index contributed by atoms with van der Waals surface area (Å²) in [5.41, 5.74) is 4.55. The summed E-state index contributed by atoms with van der Waals surface area (Å²) in [5.74, 6) is 3.70. The average molecular weight is 402 g/mol. The first-order chi connectivity index (χ1) is 14.7. The molecule has 154 valence electrons. The molecule has 30 heavy (non-hydrogen) atoms. The van der Waals surface area contributed by atoms with Crippen LogP contribution in [-0.4, -0.2) is 44.1 Å². The van der Waals surface area contributed by atoms with E-state index in [1.54, 1.807) is 12.4 Å². The molecule has 0 saturated carbocycles. The lowest BCUT2D eigenvalue weighted by atomic mass is 10.0. The number of pyridine rings is 1. The summed E-state index contributed by atoms with van der Waals surface area (Å²) >= 11 is 0. The number of hydrogen-bond acceptors (Lipinski definition) is 7. The quantitative estimate of drug-likeness (QED) is 0.716. The molecule has 1 fully saturated rings. The van der Waals surface area contributed by atoms with Gasteiger partial charge < -0.3 is 10.2 Å².